The number of aryl methyl sites for hydroxylation is 1. The average Bonchev–Trinajstić information content (AvgIpc) is 2.96. The van der Waals surface area contributed by atoms with Gasteiger partial charge in [0.25, 0.3) is 10.0 Å². The second-order valence-electron chi connectivity index (χ2n) is 9.78. The summed E-state index contributed by atoms with van der Waals surface area (Å²) in [6, 6.07) is 21.4. The second-order valence-corrected chi connectivity index (χ2v) is 11.6. The number of benzene rings is 3. The Morgan fingerprint density at radius 2 is 1.60 bits per heavy atom. The summed E-state index contributed by atoms with van der Waals surface area (Å²) in [6.07, 6.45) is 1.09. The topological polar surface area (TPSA) is 96.0 Å². The van der Waals surface area contributed by atoms with Crippen molar-refractivity contribution < 1.29 is 22.7 Å². The number of nitrogens with zero attached hydrogens (tertiary/aromatic N) is 2. The van der Waals surface area contributed by atoms with Crippen LogP contribution in [0.2, 0.25) is 0 Å². The third-order valence-corrected chi connectivity index (χ3v) is 8.59. The Kier molecular flexibility index (Phi) is 10.7. The number of ether oxygens (including phenoxy) is 1. The standard InChI is InChI=1S/C31H39N3O5S/c1-6-24(4)32-31(36)29(7-2)33(21-25-12-11-13-27(20-25)39-5)30(35)22-34(26-18-16-23(3)17-19-26)40(37,38)28-14-9-8-10-15-28/h8-20,24,29H,6-7,21-22H2,1-5H3,(H,32,36)/t24-,29+/m0/s1. The van der Waals surface area contributed by atoms with E-state index in [0.717, 1.165) is 21.9 Å². The number of carbonyl (C=O) groups excluding carboxylic acids is 2. The molecule has 0 unspecified atom stereocenters. The summed E-state index contributed by atoms with van der Waals surface area (Å²) in [7, 11) is -2.53. The molecule has 0 aliphatic carbocycles. The van der Waals surface area contributed by atoms with E-state index in [4.69, 9.17) is 4.74 Å². The number of rotatable bonds is 13. The predicted octanol–water partition coefficient (Wildman–Crippen LogP) is 4.92. The van der Waals surface area contributed by atoms with E-state index in [1.54, 1.807) is 61.7 Å². The van der Waals surface area contributed by atoms with Crippen LogP contribution in [-0.2, 0) is 26.2 Å². The van der Waals surface area contributed by atoms with Gasteiger partial charge < -0.3 is 15.0 Å². The molecule has 40 heavy (non-hydrogen) atoms. The molecular weight excluding hydrogens is 526 g/mol. The summed E-state index contributed by atoms with van der Waals surface area (Å²) in [4.78, 5) is 29.0. The Labute approximate surface area is 238 Å². The fourth-order valence-corrected chi connectivity index (χ4v) is 5.72. The molecule has 0 aliphatic rings. The van der Waals surface area contributed by atoms with E-state index < -0.39 is 28.5 Å². The summed E-state index contributed by atoms with van der Waals surface area (Å²) in [5.41, 5.74) is 2.08. The first-order chi connectivity index (χ1) is 19.1. The molecule has 0 heterocycles. The lowest BCUT2D eigenvalue weighted by atomic mass is 10.1. The van der Waals surface area contributed by atoms with Crippen LogP contribution in [0.4, 0.5) is 5.69 Å². The predicted molar refractivity (Wildman–Crippen MR) is 158 cm³/mol. The number of hydrogen-bond donors (Lipinski definition) is 1. The van der Waals surface area contributed by atoms with E-state index in [1.807, 2.05) is 39.8 Å². The molecule has 8 nitrogen and oxygen atoms in total. The van der Waals surface area contributed by atoms with Crippen molar-refractivity contribution in [2.45, 2.75) is 64.1 Å². The van der Waals surface area contributed by atoms with Crippen molar-refractivity contribution in [2.75, 3.05) is 18.0 Å². The molecule has 3 aromatic rings. The van der Waals surface area contributed by atoms with Crippen LogP contribution >= 0.6 is 0 Å². The maximum atomic E-state index is 14.1. The molecule has 3 rings (SSSR count). The van der Waals surface area contributed by atoms with Crippen molar-refractivity contribution in [3.8, 4) is 5.75 Å². The van der Waals surface area contributed by atoms with Gasteiger partial charge in [-0.25, -0.2) is 8.42 Å². The zero-order valence-corrected chi connectivity index (χ0v) is 24.6. The monoisotopic (exact) mass is 565 g/mol. The van der Waals surface area contributed by atoms with Crippen LogP contribution in [0.15, 0.2) is 83.8 Å². The summed E-state index contributed by atoms with van der Waals surface area (Å²) < 4.78 is 34.1. The maximum absolute atomic E-state index is 14.1. The highest BCUT2D eigenvalue weighted by Gasteiger charge is 2.34. The molecule has 0 bridgehead atoms. The molecule has 0 aliphatic heterocycles. The van der Waals surface area contributed by atoms with E-state index in [2.05, 4.69) is 5.32 Å². The zero-order valence-electron chi connectivity index (χ0n) is 23.8. The Morgan fingerprint density at radius 1 is 0.925 bits per heavy atom. The van der Waals surface area contributed by atoms with Crippen LogP contribution in [0.1, 0.15) is 44.7 Å². The molecule has 0 fully saturated rings. The largest absolute Gasteiger partial charge is 0.497 e. The summed E-state index contributed by atoms with van der Waals surface area (Å²) in [5, 5.41) is 2.98. The van der Waals surface area contributed by atoms with E-state index >= 15 is 0 Å². The lowest BCUT2D eigenvalue weighted by Gasteiger charge is -2.33. The maximum Gasteiger partial charge on any atom is 0.264 e. The average molecular weight is 566 g/mol. The minimum Gasteiger partial charge on any atom is -0.497 e. The lowest BCUT2D eigenvalue weighted by molar-refractivity contribution is -0.140. The van der Waals surface area contributed by atoms with Gasteiger partial charge in [0.05, 0.1) is 17.7 Å². The highest BCUT2D eigenvalue weighted by molar-refractivity contribution is 7.92. The number of methoxy groups -OCH3 is 1. The minimum atomic E-state index is -4.09. The smallest absolute Gasteiger partial charge is 0.264 e. The first-order valence-corrected chi connectivity index (χ1v) is 14.9. The molecule has 0 saturated heterocycles. The number of hydrogen-bond acceptors (Lipinski definition) is 5. The molecule has 0 radical (unpaired) electrons. The molecule has 1 N–H and O–H groups in total. The van der Waals surface area contributed by atoms with Gasteiger partial charge in [0.1, 0.15) is 18.3 Å². The summed E-state index contributed by atoms with van der Waals surface area (Å²) in [6.45, 7) is 7.25. The van der Waals surface area contributed by atoms with Gasteiger partial charge in [0, 0.05) is 12.6 Å². The first kappa shape index (κ1) is 30.7. The first-order valence-electron chi connectivity index (χ1n) is 13.5. The number of carbonyl (C=O) groups is 2. The zero-order chi connectivity index (χ0) is 29.3. The molecule has 214 valence electrons. The van der Waals surface area contributed by atoms with Crippen molar-refractivity contribution in [3.05, 3.63) is 90.0 Å². The van der Waals surface area contributed by atoms with Crippen LogP contribution < -0.4 is 14.4 Å². The fraction of sp³-hybridized carbons (Fsp3) is 0.355. The van der Waals surface area contributed by atoms with Gasteiger partial charge in [0.2, 0.25) is 11.8 Å². The second kappa shape index (κ2) is 14.0. The molecule has 0 spiro atoms. The Morgan fingerprint density at radius 3 is 2.20 bits per heavy atom. The summed E-state index contributed by atoms with van der Waals surface area (Å²) in [5.74, 6) is -0.148. The van der Waals surface area contributed by atoms with Crippen LogP contribution in [0.3, 0.4) is 0 Å². The van der Waals surface area contributed by atoms with Crippen LogP contribution in [0.25, 0.3) is 0 Å². The molecule has 3 aromatic carbocycles. The van der Waals surface area contributed by atoms with Crippen LogP contribution in [-0.4, -0.2) is 50.9 Å². The number of nitrogens with one attached hydrogen (secondary N) is 1. The third kappa shape index (κ3) is 7.63. The lowest BCUT2D eigenvalue weighted by Crippen LogP contribution is -2.53. The van der Waals surface area contributed by atoms with Crippen molar-refractivity contribution in [1.82, 2.24) is 10.2 Å². The van der Waals surface area contributed by atoms with E-state index in [9.17, 15) is 18.0 Å². The minimum absolute atomic E-state index is 0.0714. The molecule has 0 saturated carbocycles. The van der Waals surface area contributed by atoms with E-state index in [0.29, 0.717) is 17.9 Å². The van der Waals surface area contributed by atoms with Gasteiger partial charge in [-0.05, 0) is 68.7 Å². The van der Waals surface area contributed by atoms with Gasteiger partial charge in [-0.2, -0.15) is 0 Å². The molecular formula is C31H39N3O5S. The third-order valence-electron chi connectivity index (χ3n) is 6.81. The normalized spacial score (nSPS) is 12.7. The van der Waals surface area contributed by atoms with Gasteiger partial charge in [0.15, 0.2) is 0 Å². The summed E-state index contributed by atoms with van der Waals surface area (Å²) >= 11 is 0. The number of amides is 2. The Balaban J connectivity index is 2.05. The van der Waals surface area contributed by atoms with Crippen molar-refractivity contribution in [1.29, 1.82) is 0 Å². The quantitative estimate of drug-likeness (QED) is 0.317. The number of sulfonamides is 1. The fourth-order valence-electron chi connectivity index (χ4n) is 4.29. The Bertz CT molecular complexity index is 1380. The van der Waals surface area contributed by atoms with Crippen molar-refractivity contribution in [2.24, 2.45) is 0 Å². The molecule has 2 amide bonds. The highest BCUT2D eigenvalue weighted by atomic mass is 32.2. The molecule has 0 aromatic heterocycles. The van der Waals surface area contributed by atoms with Crippen LogP contribution in [0, 0.1) is 6.92 Å². The van der Waals surface area contributed by atoms with Gasteiger partial charge in [-0.3, -0.25) is 13.9 Å². The highest BCUT2D eigenvalue weighted by Crippen LogP contribution is 2.25. The van der Waals surface area contributed by atoms with Gasteiger partial charge in [-0.15, -0.1) is 0 Å². The van der Waals surface area contributed by atoms with Gasteiger partial charge in [-0.1, -0.05) is 61.9 Å². The van der Waals surface area contributed by atoms with Crippen molar-refractivity contribution in [3.63, 3.8) is 0 Å². The van der Waals surface area contributed by atoms with E-state index in [1.165, 1.54) is 17.0 Å². The molecule has 9 heteroatoms. The van der Waals surface area contributed by atoms with Crippen LogP contribution in [0.5, 0.6) is 5.75 Å². The Hall–Kier alpha value is -3.85. The van der Waals surface area contributed by atoms with Gasteiger partial charge >= 0.3 is 0 Å². The SMILES string of the molecule is CC[C@H](C(=O)N[C@@H](C)CC)N(Cc1cccc(OC)c1)C(=O)CN(c1ccc(C)cc1)S(=O)(=O)c1ccccc1. The number of anilines is 1. The molecule has 2 atom stereocenters. The van der Waals surface area contributed by atoms with Crippen molar-refractivity contribution >= 4 is 27.5 Å². The van der Waals surface area contributed by atoms with E-state index in [-0.39, 0.29) is 23.4 Å².